The molecule has 2 N–H and O–H groups in total. The standard InChI is InChI=1S/2C6H5NO2.C3H5ClO.C3H7NO/c2*8-7(9)6-4-2-1-3-5-6;2*1-2-3(4)5/h2*1-5H;2H2,1H3;2H2,1H3,(H2,4,5). The number of hydrogen-bond acceptors (Lipinski definition) is 6. The lowest BCUT2D eigenvalue weighted by Gasteiger charge is -1.85. The number of carbonyl (C=O) groups is 2. The molecule has 2 rings (SSSR count). The Morgan fingerprint density at radius 1 is 0.821 bits per heavy atom. The van der Waals surface area contributed by atoms with Crippen molar-refractivity contribution in [1.29, 1.82) is 0 Å². The van der Waals surface area contributed by atoms with Crippen LogP contribution in [-0.4, -0.2) is 21.0 Å². The van der Waals surface area contributed by atoms with E-state index < -0.39 is 9.85 Å². The molecule has 0 saturated carbocycles. The van der Waals surface area contributed by atoms with E-state index in [1.165, 1.54) is 24.3 Å². The van der Waals surface area contributed by atoms with Gasteiger partial charge in [-0.25, -0.2) is 0 Å². The number of non-ortho nitro benzene ring substituents is 2. The minimum atomic E-state index is -0.417. The van der Waals surface area contributed by atoms with Crippen LogP contribution in [0.1, 0.15) is 26.7 Å². The number of nitrogens with two attached hydrogens (primary N) is 1. The van der Waals surface area contributed by atoms with Crippen LogP contribution in [0.4, 0.5) is 11.4 Å². The Labute approximate surface area is 167 Å². The Kier molecular flexibility index (Phi) is 16.4. The average Bonchev–Trinajstić information content (AvgIpc) is 2.70. The summed E-state index contributed by atoms with van der Waals surface area (Å²) in [6.07, 6.45) is 0.877. The molecule has 2 aromatic carbocycles. The topological polar surface area (TPSA) is 146 Å². The van der Waals surface area contributed by atoms with E-state index in [4.69, 9.17) is 11.6 Å². The summed E-state index contributed by atoms with van der Waals surface area (Å²) in [6, 6.07) is 15.9. The second kappa shape index (κ2) is 17.1. The largest absolute Gasteiger partial charge is 0.370 e. The molecule has 0 aliphatic heterocycles. The van der Waals surface area contributed by atoms with Crippen LogP contribution in [0.3, 0.4) is 0 Å². The van der Waals surface area contributed by atoms with E-state index in [0.717, 1.165) is 0 Å². The first-order valence-corrected chi connectivity index (χ1v) is 8.38. The number of halogens is 1. The van der Waals surface area contributed by atoms with Gasteiger partial charge in [0.2, 0.25) is 11.1 Å². The van der Waals surface area contributed by atoms with Gasteiger partial charge in [-0.1, -0.05) is 50.2 Å². The van der Waals surface area contributed by atoms with Gasteiger partial charge in [-0.3, -0.25) is 29.8 Å². The van der Waals surface area contributed by atoms with Crippen molar-refractivity contribution in [3.63, 3.8) is 0 Å². The molecular weight excluding hydrogens is 390 g/mol. The van der Waals surface area contributed by atoms with E-state index in [1.54, 1.807) is 50.2 Å². The normalized spacial score (nSPS) is 8.39. The van der Waals surface area contributed by atoms with Gasteiger partial charge in [-0.15, -0.1) is 0 Å². The Morgan fingerprint density at radius 3 is 1.18 bits per heavy atom. The fourth-order valence-electron chi connectivity index (χ4n) is 1.10. The molecule has 10 heteroatoms. The Balaban J connectivity index is 0. The second-order valence-corrected chi connectivity index (χ2v) is 5.14. The minimum Gasteiger partial charge on any atom is -0.370 e. The molecular formula is C18H22ClN3O6. The maximum atomic E-state index is 10.0. The van der Waals surface area contributed by atoms with Gasteiger partial charge in [0.05, 0.1) is 9.85 Å². The molecule has 0 fully saturated rings. The first kappa shape index (κ1) is 26.9. The molecule has 28 heavy (non-hydrogen) atoms. The number of nitro benzene ring substituents is 2. The molecule has 0 heterocycles. The van der Waals surface area contributed by atoms with Crippen LogP contribution in [0.2, 0.25) is 0 Å². The van der Waals surface area contributed by atoms with E-state index in [2.05, 4.69) is 5.73 Å². The van der Waals surface area contributed by atoms with Gasteiger partial charge in [0, 0.05) is 37.1 Å². The maximum absolute atomic E-state index is 10.0. The van der Waals surface area contributed by atoms with Gasteiger partial charge >= 0.3 is 0 Å². The summed E-state index contributed by atoms with van der Waals surface area (Å²) in [5.41, 5.74) is 4.93. The number of amides is 1. The van der Waals surface area contributed by atoms with Gasteiger partial charge in [-0.05, 0) is 11.6 Å². The molecule has 152 valence electrons. The highest BCUT2D eigenvalue weighted by Crippen LogP contribution is 2.07. The highest BCUT2D eigenvalue weighted by molar-refractivity contribution is 6.63. The summed E-state index contributed by atoms with van der Waals surface area (Å²) < 4.78 is 0. The Morgan fingerprint density at radius 2 is 1.07 bits per heavy atom. The lowest BCUT2D eigenvalue weighted by molar-refractivity contribution is -0.385. The summed E-state index contributed by atoms with van der Waals surface area (Å²) in [4.78, 5) is 38.3. The van der Waals surface area contributed by atoms with Crippen molar-refractivity contribution in [2.24, 2.45) is 5.73 Å². The first-order chi connectivity index (χ1) is 13.1. The number of nitro groups is 2. The number of nitrogens with zero attached hydrogens (tertiary/aromatic N) is 2. The van der Waals surface area contributed by atoms with Gasteiger partial charge in [0.15, 0.2) is 0 Å². The van der Waals surface area contributed by atoms with Gasteiger partial charge in [-0.2, -0.15) is 0 Å². The van der Waals surface area contributed by atoms with Crippen LogP contribution < -0.4 is 5.73 Å². The summed E-state index contributed by atoms with van der Waals surface area (Å²) in [5, 5.41) is 19.7. The molecule has 1 amide bonds. The number of hydrogen-bond donors (Lipinski definition) is 1. The van der Waals surface area contributed by atoms with E-state index in [-0.39, 0.29) is 22.5 Å². The van der Waals surface area contributed by atoms with Crippen molar-refractivity contribution < 1.29 is 19.4 Å². The highest BCUT2D eigenvalue weighted by atomic mass is 35.5. The number of para-hydroxylation sites is 2. The fraction of sp³-hybridized carbons (Fsp3) is 0.222. The number of benzene rings is 2. The Hall–Kier alpha value is -3.33. The molecule has 0 aliphatic carbocycles. The van der Waals surface area contributed by atoms with Crippen LogP contribution in [0, 0.1) is 20.2 Å². The van der Waals surface area contributed by atoms with Crippen LogP contribution in [0.15, 0.2) is 60.7 Å². The predicted molar refractivity (Wildman–Crippen MR) is 107 cm³/mol. The van der Waals surface area contributed by atoms with Gasteiger partial charge in [0.25, 0.3) is 11.4 Å². The van der Waals surface area contributed by atoms with Crippen molar-refractivity contribution >= 4 is 34.1 Å². The molecule has 0 saturated heterocycles. The van der Waals surface area contributed by atoms with Crippen LogP contribution in [-0.2, 0) is 9.59 Å². The summed E-state index contributed by atoms with van der Waals surface area (Å²) in [5.74, 6) is -0.245. The molecule has 0 aromatic heterocycles. The maximum Gasteiger partial charge on any atom is 0.269 e. The van der Waals surface area contributed by atoms with Crippen molar-refractivity contribution in [2.45, 2.75) is 26.7 Å². The molecule has 0 unspecified atom stereocenters. The van der Waals surface area contributed by atoms with Gasteiger partial charge in [0.1, 0.15) is 0 Å². The SMILES string of the molecule is CCC(=O)Cl.CCC(N)=O.O=[N+]([O-])c1ccccc1.O=[N+]([O-])c1ccccc1. The van der Waals surface area contributed by atoms with Gasteiger partial charge < -0.3 is 5.73 Å². The molecule has 9 nitrogen and oxygen atoms in total. The summed E-state index contributed by atoms with van der Waals surface area (Å²) in [7, 11) is 0. The van der Waals surface area contributed by atoms with E-state index in [1.807, 2.05) is 0 Å². The fourth-order valence-corrected chi connectivity index (χ4v) is 1.10. The van der Waals surface area contributed by atoms with E-state index in [0.29, 0.717) is 12.8 Å². The summed E-state index contributed by atoms with van der Waals surface area (Å²) in [6.45, 7) is 3.44. The van der Waals surface area contributed by atoms with E-state index in [9.17, 15) is 29.8 Å². The quantitative estimate of drug-likeness (QED) is 0.452. The van der Waals surface area contributed by atoms with Crippen molar-refractivity contribution in [2.75, 3.05) is 0 Å². The minimum absolute atomic E-state index is 0.137. The third-order valence-electron chi connectivity index (χ3n) is 2.56. The lowest BCUT2D eigenvalue weighted by Crippen LogP contribution is -2.06. The number of rotatable bonds is 4. The molecule has 0 spiro atoms. The monoisotopic (exact) mass is 411 g/mol. The van der Waals surface area contributed by atoms with Crippen LogP contribution >= 0.6 is 11.6 Å². The molecule has 2 aromatic rings. The van der Waals surface area contributed by atoms with Crippen molar-refractivity contribution in [1.82, 2.24) is 0 Å². The summed E-state index contributed by atoms with van der Waals surface area (Å²) >= 11 is 4.82. The first-order valence-electron chi connectivity index (χ1n) is 8.01. The zero-order valence-electron chi connectivity index (χ0n) is 15.5. The van der Waals surface area contributed by atoms with Crippen molar-refractivity contribution in [3.8, 4) is 0 Å². The average molecular weight is 412 g/mol. The number of carbonyl (C=O) groups excluding carboxylic acids is 2. The second-order valence-electron chi connectivity index (χ2n) is 4.71. The zero-order valence-corrected chi connectivity index (χ0v) is 16.2. The number of primary amides is 1. The highest BCUT2D eigenvalue weighted by Gasteiger charge is 1.99. The zero-order chi connectivity index (χ0) is 21.9. The molecule has 0 aliphatic rings. The molecule has 0 radical (unpaired) electrons. The third kappa shape index (κ3) is 17.5. The Bertz CT molecular complexity index is 663. The third-order valence-corrected chi connectivity index (χ3v) is 2.83. The molecule has 0 atom stereocenters. The van der Waals surface area contributed by atoms with E-state index >= 15 is 0 Å². The van der Waals surface area contributed by atoms with Crippen LogP contribution in [0.5, 0.6) is 0 Å². The molecule has 0 bridgehead atoms. The smallest absolute Gasteiger partial charge is 0.269 e. The lowest BCUT2D eigenvalue weighted by atomic mass is 10.3. The van der Waals surface area contributed by atoms with Crippen LogP contribution in [0.25, 0.3) is 0 Å². The predicted octanol–water partition coefficient (Wildman–Crippen LogP) is 4.23. The van der Waals surface area contributed by atoms with Crippen molar-refractivity contribution in [3.05, 3.63) is 80.9 Å².